The van der Waals surface area contributed by atoms with Crippen molar-refractivity contribution < 1.29 is 40.2 Å². The van der Waals surface area contributed by atoms with E-state index in [1.807, 2.05) is 4.72 Å². The van der Waals surface area contributed by atoms with Crippen molar-refractivity contribution in [3.05, 3.63) is 41.8 Å². The third kappa shape index (κ3) is 4.18. The molecule has 1 N–H and O–H groups in total. The van der Waals surface area contributed by atoms with Crippen molar-refractivity contribution in [3.8, 4) is 11.6 Å². The number of carbonyl (C=O) groups is 1. The monoisotopic (exact) mass is 446 g/mol. The number of halogens is 4. The molecule has 0 bridgehead atoms. The van der Waals surface area contributed by atoms with E-state index in [1.54, 1.807) is 0 Å². The molecule has 2 aromatic rings. The van der Waals surface area contributed by atoms with E-state index in [2.05, 4.69) is 9.72 Å². The van der Waals surface area contributed by atoms with Crippen LogP contribution in [-0.2, 0) is 10.0 Å². The summed E-state index contributed by atoms with van der Waals surface area (Å²) in [6.45, 7) is 0.325. The fourth-order valence-electron chi connectivity index (χ4n) is 3.14. The molecule has 1 aliphatic carbocycles. The zero-order chi connectivity index (χ0) is 21.7. The second-order valence-electron chi connectivity index (χ2n) is 7.21. The molecule has 30 heavy (non-hydrogen) atoms. The van der Waals surface area contributed by atoms with Crippen LogP contribution in [0.2, 0.25) is 0 Å². The molecule has 1 saturated carbocycles. The van der Waals surface area contributed by atoms with Gasteiger partial charge in [0.2, 0.25) is 5.88 Å². The Hall–Kier alpha value is -2.89. The molecule has 0 atom stereocenters. The second-order valence-corrected chi connectivity index (χ2v) is 8.86. The molecule has 2 heterocycles. The van der Waals surface area contributed by atoms with Gasteiger partial charge < -0.3 is 9.47 Å². The number of anilines is 1. The van der Waals surface area contributed by atoms with Gasteiger partial charge in [0.1, 0.15) is 16.5 Å². The Labute approximate surface area is 168 Å². The molecule has 2 aliphatic rings. The highest BCUT2D eigenvalue weighted by Crippen LogP contribution is 2.51. The van der Waals surface area contributed by atoms with Crippen LogP contribution in [0, 0.1) is 11.2 Å². The lowest BCUT2D eigenvalue weighted by atomic mass is 9.98. The Morgan fingerprint density at radius 2 is 1.93 bits per heavy atom. The van der Waals surface area contributed by atoms with Gasteiger partial charge in [0.05, 0.1) is 24.1 Å². The van der Waals surface area contributed by atoms with Crippen LogP contribution in [-0.4, -0.2) is 32.2 Å². The van der Waals surface area contributed by atoms with Gasteiger partial charge in [-0.2, -0.15) is 0 Å². The zero-order valence-electron chi connectivity index (χ0n) is 15.1. The number of alkyl halides is 3. The van der Waals surface area contributed by atoms with E-state index in [9.17, 15) is 30.8 Å². The molecule has 7 nitrogen and oxygen atoms in total. The number of rotatable bonds is 4. The summed E-state index contributed by atoms with van der Waals surface area (Å²) in [5, 5.41) is 0. The molecular formula is C18H14F4N2O5S. The second kappa shape index (κ2) is 6.83. The summed E-state index contributed by atoms with van der Waals surface area (Å²) in [7, 11) is -4.71. The van der Waals surface area contributed by atoms with Crippen LogP contribution < -0.4 is 14.2 Å². The molecule has 1 fully saturated rings. The maximum atomic E-state index is 13.5. The minimum absolute atomic E-state index is 0.0542. The van der Waals surface area contributed by atoms with Crippen LogP contribution in [0.15, 0.2) is 35.4 Å². The average molecular weight is 446 g/mol. The lowest BCUT2D eigenvalue weighted by molar-refractivity contribution is -0.275. The summed E-state index contributed by atoms with van der Waals surface area (Å²) in [6.07, 6.45) is -2.22. The van der Waals surface area contributed by atoms with Gasteiger partial charge in [-0.25, -0.2) is 17.8 Å². The molecule has 4 rings (SSSR count). The van der Waals surface area contributed by atoms with Crippen molar-refractivity contribution in [2.75, 3.05) is 11.3 Å². The fourth-order valence-corrected chi connectivity index (χ4v) is 4.31. The maximum absolute atomic E-state index is 13.5. The summed E-state index contributed by atoms with van der Waals surface area (Å²) >= 11 is 0. The minimum atomic E-state index is -5.18. The maximum Gasteiger partial charge on any atom is 0.573 e. The van der Waals surface area contributed by atoms with Crippen molar-refractivity contribution in [1.82, 2.24) is 4.98 Å². The highest BCUT2D eigenvalue weighted by molar-refractivity contribution is 7.92. The summed E-state index contributed by atoms with van der Waals surface area (Å²) in [4.78, 5) is 15.4. The topological polar surface area (TPSA) is 94.6 Å². The molecule has 0 saturated heterocycles. The van der Waals surface area contributed by atoms with Gasteiger partial charge in [0, 0.05) is 11.8 Å². The predicted octanol–water partition coefficient (Wildman–Crippen LogP) is 3.67. The van der Waals surface area contributed by atoms with Gasteiger partial charge in [-0.05, 0) is 37.1 Å². The lowest BCUT2D eigenvalue weighted by Gasteiger charge is -2.15. The predicted molar refractivity (Wildman–Crippen MR) is 94.2 cm³/mol. The van der Waals surface area contributed by atoms with Gasteiger partial charge in [0.15, 0.2) is 5.78 Å². The number of nitrogens with one attached hydrogen (secondary N) is 1. The first-order valence-electron chi connectivity index (χ1n) is 8.71. The number of hydrogen-bond acceptors (Lipinski definition) is 6. The summed E-state index contributed by atoms with van der Waals surface area (Å²) in [5.74, 6) is -2.41. The Morgan fingerprint density at radius 1 is 1.20 bits per heavy atom. The van der Waals surface area contributed by atoms with Gasteiger partial charge in [-0.15, -0.1) is 13.2 Å². The van der Waals surface area contributed by atoms with Crippen LogP contribution in [0.3, 0.4) is 0 Å². The number of pyridine rings is 1. The van der Waals surface area contributed by atoms with E-state index >= 15 is 0 Å². The number of sulfonamides is 1. The van der Waals surface area contributed by atoms with E-state index in [-0.39, 0.29) is 34.7 Å². The van der Waals surface area contributed by atoms with Crippen molar-refractivity contribution in [1.29, 1.82) is 0 Å². The number of aromatic nitrogens is 1. The number of fused-ring (bicyclic) bond motifs is 1. The Bertz CT molecular complexity index is 1130. The first-order chi connectivity index (χ1) is 14.0. The molecule has 0 radical (unpaired) electrons. The summed E-state index contributed by atoms with van der Waals surface area (Å²) in [6, 6.07) is 2.77. The highest BCUT2D eigenvalue weighted by atomic mass is 32.2. The van der Waals surface area contributed by atoms with Gasteiger partial charge in [-0.1, -0.05) is 0 Å². The Kier molecular flexibility index (Phi) is 4.64. The first-order valence-corrected chi connectivity index (χ1v) is 10.2. The SMILES string of the molecule is O=C1CC2(CC2)COc2ncc(NS(=O)(=O)c3cc(F)ccc3OC(F)(F)F)cc21. The number of Topliss-reactive ketones (excluding diaryl/α,β-unsaturated/α-hetero) is 1. The smallest absolute Gasteiger partial charge is 0.477 e. The summed E-state index contributed by atoms with van der Waals surface area (Å²) in [5.41, 5.74) is -0.354. The quantitative estimate of drug-likeness (QED) is 0.721. The first kappa shape index (κ1) is 20.4. The standard InChI is InChI=1S/C18H14F4N2O5S/c19-10-1-2-14(29-18(20,21)22)15(5-10)30(26,27)24-11-6-12-13(25)7-17(3-4-17)9-28-16(12)23-8-11/h1-2,5-6,8,24H,3-4,7,9H2. The van der Waals surface area contributed by atoms with Crippen molar-refractivity contribution in [3.63, 3.8) is 0 Å². The normalized spacial score (nSPS) is 17.7. The Balaban J connectivity index is 1.65. The molecule has 12 heteroatoms. The van der Waals surface area contributed by atoms with Gasteiger partial charge >= 0.3 is 6.36 Å². The molecule has 0 unspecified atom stereocenters. The van der Waals surface area contributed by atoms with E-state index in [0.717, 1.165) is 19.0 Å². The zero-order valence-corrected chi connectivity index (χ0v) is 15.9. The lowest BCUT2D eigenvalue weighted by Crippen LogP contribution is -2.21. The van der Waals surface area contributed by atoms with Crippen LogP contribution in [0.1, 0.15) is 29.6 Å². The number of hydrogen-bond donors (Lipinski definition) is 1. The van der Waals surface area contributed by atoms with Gasteiger partial charge in [-0.3, -0.25) is 9.52 Å². The van der Waals surface area contributed by atoms with E-state index in [4.69, 9.17) is 4.74 Å². The average Bonchev–Trinajstić information content (AvgIpc) is 3.41. The molecular weight excluding hydrogens is 432 g/mol. The van der Waals surface area contributed by atoms with Crippen molar-refractivity contribution in [2.24, 2.45) is 5.41 Å². The third-order valence-electron chi connectivity index (χ3n) is 4.83. The van der Waals surface area contributed by atoms with Crippen molar-refractivity contribution >= 4 is 21.5 Å². The highest BCUT2D eigenvalue weighted by Gasteiger charge is 2.47. The van der Waals surface area contributed by atoms with E-state index in [1.165, 1.54) is 6.07 Å². The van der Waals surface area contributed by atoms with Crippen LogP contribution in [0.25, 0.3) is 0 Å². The summed E-state index contributed by atoms with van der Waals surface area (Å²) < 4.78 is 87.8. The number of benzene rings is 1. The third-order valence-corrected chi connectivity index (χ3v) is 6.23. The number of carbonyl (C=O) groups excluding carboxylic acids is 1. The van der Waals surface area contributed by atoms with Crippen LogP contribution in [0.4, 0.5) is 23.2 Å². The number of nitrogens with zero attached hydrogens (tertiary/aromatic N) is 1. The van der Waals surface area contributed by atoms with Crippen LogP contribution >= 0.6 is 0 Å². The molecule has 1 spiro atoms. The molecule has 1 aliphatic heterocycles. The molecule has 0 amide bonds. The largest absolute Gasteiger partial charge is 0.573 e. The van der Waals surface area contributed by atoms with Crippen molar-refractivity contribution in [2.45, 2.75) is 30.5 Å². The van der Waals surface area contributed by atoms with Crippen LogP contribution in [0.5, 0.6) is 11.6 Å². The minimum Gasteiger partial charge on any atom is -0.477 e. The number of ketones is 1. The van der Waals surface area contributed by atoms with Gasteiger partial charge in [0.25, 0.3) is 10.0 Å². The van der Waals surface area contributed by atoms with E-state index < -0.39 is 32.8 Å². The van der Waals surface area contributed by atoms with E-state index in [0.29, 0.717) is 24.8 Å². The number of ether oxygens (including phenoxy) is 2. The molecule has 1 aromatic carbocycles. The molecule has 1 aromatic heterocycles. The fraction of sp³-hybridized carbons (Fsp3) is 0.333. The molecule has 160 valence electrons. The Morgan fingerprint density at radius 3 is 2.60 bits per heavy atom.